The molecule has 2 aromatic carbocycles. The van der Waals surface area contributed by atoms with E-state index in [-0.39, 0.29) is 0 Å². The minimum absolute atomic E-state index is 0.428. The number of primary amides is 1. The Morgan fingerprint density at radius 2 is 1.88 bits per heavy atom. The maximum absolute atomic E-state index is 12.5. The first-order valence-electron chi connectivity index (χ1n) is 8.03. The van der Waals surface area contributed by atoms with Crippen LogP contribution in [0.4, 0.5) is 4.79 Å². The monoisotopic (exact) mass is 342 g/mol. The van der Waals surface area contributed by atoms with E-state index >= 15 is 0 Å². The van der Waals surface area contributed by atoms with Gasteiger partial charge in [-0.15, -0.1) is 0 Å². The highest BCUT2D eigenvalue weighted by atomic mass is 16.5. The SMILES string of the molecule is COc1ccc(C)cc1C[NH+](C)[C@@H](C(=O)NC(N)=O)c1ccccc1. The number of carbonyl (C=O) groups excluding carboxylic acids is 2. The van der Waals surface area contributed by atoms with Crippen molar-refractivity contribution in [1.29, 1.82) is 0 Å². The molecule has 6 nitrogen and oxygen atoms in total. The first kappa shape index (κ1) is 18.5. The molecule has 0 radical (unpaired) electrons. The van der Waals surface area contributed by atoms with Gasteiger partial charge in [0.2, 0.25) is 0 Å². The third-order valence-corrected chi connectivity index (χ3v) is 4.04. The molecule has 0 heterocycles. The minimum atomic E-state index is -0.855. The standard InChI is InChI=1S/C19H23N3O3/c1-13-9-10-16(25-3)15(11-13)12-22(2)17(18(23)21-19(20)24)14-7-5-4-6-8-14/h4-11,17H,12H2,1-3H3,(H3,20,21,23,24)/p+1/t17-/m1/s1. The highest BCUT2D eigenvalue weighted by molar-refractivity contribution is 5.96. The average molecular weight is 342 g/mol. The van der Waals surface area contributed by atoms with Gasteiger partial charge in [0.15, 0.2) is 6.04 Å². The molecule has 0 saturated carbocycles. The number of ether oxygens (including phenoxy) is 1. The number of urea groups is 1. The van der Waals surface area contributed by atoms with Crippen LogP contribution in [-0.2, 0) is 11.3 Å². The van der Waals surface area contributed by atoms with E-state index < -0.39 is 18.0 Å². The van der Waals surface area contributed by atoms with Crippen LogP contribution in [0, 0.1) is 6.92 Å². The Balaban J connectivity index is 2.32. The molecule has 2 aromatic rings. The number of nitrogens with one attached hydrogen (secondary N) is 2. The first-order valence-corrected chi connectivity index (χ1v) is 8.03. The average Bonchev–Trinajstić information content (AvgIpc) is 2.55. The van der Waals surface area contributed by atoms with Crippen LogP contribution in [0.3, 0.4) is 0 Å². The molecule has 2 atom stereocenters. The number of hydrogen-bond donors (Lipinski definition) is 3. The van der Waals surface area contributed by atoms with Gasteiger partial charge < -0.3 is 15.4 Å². The molecule has 0 aliphatic heterocycles. The second-order valence-corrected chi connectivity index (χ2v) is 6.04. The Hall–Kier alpha value is -2.86. The first-order chi connectivity index (χ1) is 11.9. The number of rotatable bonds is 6. The summed E-state index contributed by atoms with van der Waals surface area (Å²) in [5.41, 5.74) is 8.04. The highest BCUT2D eigenvalue weighted by Gasteiger charge is 2.30. The van der Waals surface area contributed by atoms with Crippen molar-refractivity contribution >= 4 is 11.9 Å². The van der Waals surface area contributed by atoms with E-state index in [9.17, 15) is 9.59 Å². The zero-order chi connectivity index (χ0) is 18.4. The molecule has 25 heavy (non-hydrogen) atoms. The van der Waals surface area contributed by atoms with E-state index in [0.717, 1.165) is 27.3 Å². The van der Waals surface area contributed by atoms with Gasteiger partial charge in [0, 0.05) is 11.1 Å². The lowest BCUT2D eigenvalue weighted by atomic mass is 10.0. The third kappa shape index (κ3) is 4.81. The van der Waals surface area contributed by atoms with Crippen molar-refractivity contribution in [3.63, 3.8) is 0 Å². The lowest BCUT2D eigenvalue weighted by Crippen LogP contribution is -3.09. The van der Waals surface area contributed by atoms with Gasteiger partial charge in [-0.05, 0) is 19.1 Å². The Morgan fingerprint density at radius 3 is 2.48 bits per heavy atom. The summed E-state index contributed by atoms with van der Waals surface area (Å²) in [6.07, 6.45) is 0. The smallest absolute Gasteiger partial charge is 0.319 e. The second kappa shape index (κ2) is 8.30. The number of amides is 3. The number of hydrogen-bond acceptors (Lipinski definition) is 3. The Morgan fingerprint density at radius 1 is 1.20 bits per heavy atom. The van der Waals surface area contributed by atoms with Crippen LogP contribution in [-0.4, -0.2) is 26.1 Å². The number of likely N-dealkylation sites (N-methyl/N-ethyl adjacent to an activating group) is 1. The number of imide groups is 1. The largest absolute Gasteiger partial charge is 0.496 e. The number of quaternary nitrogens is 1. The normalized spacial score (nSPS) is 12.9. The zero-order valence-corrected chi connectivity index (χ0v) is 14.7. The Labute approximate surface area is 147 Å². The van der Waals surface area contributed by atoms with Gasteiger partial charge in [0.05, 0.1) is 14.2 Å². The van der Waals surface area contributed by atoms with E-state index in [1.54, 1.807) is 7.11 Å². The summed E-state index contributed by atoms with van der Waals surface area (Å²) in [4.78, 5) is 24.6. The lowest BCUT2D eigenvalue weighted by Gasteiger charge is -2.25. The number of nitrogens with two attached hydrogens (primary N) is 1. The summed E-state index contributed by atoms with van der Waals surface area (Å²) < 4.78 is 5.42. The van der Waals surface area contributed by atoms with Gasteiger partial charge in [0.1, 0.15) is 12.3 Å². The fraction of sp³-hybridized carbons (Fsp3) is 0.263. The van der Waals surface area contributed by atoms with Crippen LogP contribution in [0.1, 0.15) is 22.7 Å². The molecular formula is C19H24N3O3+. The van der Waals surface area contributed by atoms with Gasteiger partial charge in [0.25, 0.3) is 5.91 Å². The molecule has 0 aromatic heterocycles. The van der Waals surface area contributed by atoms with E-state index in [1.165, 1.54) is 0 Å². The van der Waals surface area contributed by atoms with Crippen LogP contribution in [0.5, 0.6) is 5.75 Å². The van der Waals surface area contributed by atoms with Crippen molar-refractivity contribution in [2.75, 3.05) is 14.2 Å². The molecule has 0 bridgehead atoms. The van der Waals surface area contributed by atoms with Crippen LogP contribution in [0.25, 0.3) is 0 Å². The second-order valence-electron chi connectivity index (χ2n) is 6.04. The number of methoxy groups -OCH3 is 1. The fourth-order valence-corrected chi connectivity index (χ4v) is 2.95. The summed E-state index contributed by atoms with van der Waals surface area (Å²) in [7, 11) is 3.53. The van der Waals surface area contributed by atoms with Gasteiger partial charge >= 0.3 is 6.03 Å². The van der Waals surface area contributed by atoms with E-state index in [4.69, 9.17) is 10.5 Å². The highest BCUT2D eigenvalue weighted by Crippen LogP contribution is 2.19. The molecule has 1 unspecified atom stereocenters. The number of benzene rings is 2. The summed E-state index contributed by atoms with van der Waals surface area (Å²) in [6, 6.07) is 13.8. The molecule has 0 fully saturated rings. The van der Waals surface area contributed by atoms with Crippen LogP contribution in [0.2, 0.25) is 0 Å². The molecule has 3 amide bonds. The van der Waals surface area contributed by atoms with Crippen molar-refractivity contribution in [3.05, 3.63) is 65.2 Å². The molecule has 4 N–H and O–H groups in total. The zero-order valence-electron chi connectivity index (χ0n) is 14.7. The van der Waals surface area contributed by atoms with E-state index in [1.807, 2.05) is 62.5 Å². The summed E-state index contributed by atoms with van der Waals surface area (Å²) in [5.74, 6) is 0.342. The molecule has 0 aliphatic carbocycles. The van der Waals surface area contributed by atoms with Crippen LogP contribution >= 0.6 is 0 Å². The van der Waals surface area contributed by atoms with Crippen molar-refractivity contribution in [2.24, 2.45) is 5.73 Å². The molecule has 0 aliphatic rings. The summed E-state index contributed by atoms with van der Waals surface area (Å²) >= 11 is 0. The molecule has 6 heteroatoms. The van der Waals surface area contributed by atoms with Gasteiger partial charge in [-0.3, -0.25) is 10.1 Å². The van der Waals surface area contributed by atoms with Crippen molar-refractivity contribution in [2.45, 2.75) is 19.5 Å². The Kier molecular flexibility index (Phi) is 6.14. The predicted octanol–water partition coefficient (Wildman–Crippen LogP) is 0.955. The van der Waals surface area contributed by atoms with E-state index in [0.29, 0.717) is 6.54 Å². The molecule has 2 rings (SSSR count). The lowest BCUT2D eigenvalue weighted by molar-refractivity contribution is -0.916. The molecule has 0 saturated heterocycles. The Bertz CT molecular complexity index is 747. The maximum atomic E-state index is 12.5. The maximum Gasteiger partial charge on any atom is 0.319 e. The van der Waals surface area contributed by atoms with Gasteiger partial charge in [-0.2, -0.15) is 0 Å². The minimum Gasteiger partial charge on any atom is -0.496 e. The molecule has 0 spiro atoms. The van der Waals surface area contributed by atoms with Crippen LogP contribution in [0.15, 0.2) is 48.5 Å². The van der Waals surface area contributed by atoms with Crippen LogP contribution < -0.4 is 20.7 Å². The quantitative estimate of drug-likeness (QED) is 0.731. The summed E-state index contributed by atoms with van der Waals surface area (Å²) in [6.45, 7) is 2.56. The van der Waals surface area contributed by atoms with Crippen molar-refractivity contribution in [3.8, 4) is 5.75 Å². The molecular weight excluding hydrogens is 318 g/mol. The van der Waals surface area contributed by atoms with Crippen molar-refractivity contribution < 1.29 is 19.2 Å². The third-order valence-electron chi connectivity index (χ3n) is 4.04. The fourth-order valence-electron chi connectivity index (χ4n) is 2.95. The number of carbonyl (C=O) groups is 2. The molecule has 132 valence electrons. The van der Waals surface area contributed by atoms with Gasteiger partial charge in [-0.25, -0.2) is 4.79 Å². The van der Waals surface area contributed by atoms with E-state index in [2.05, 4.69) is 5.32 Å². The summed E-state index contributed by atoms with van der Waals surface area (Å²) in [5, 5.41) is 2.20. The topological polar surface area (TPSA) is 85.9 Å². The van der Waals surface area contributed by atoms with Gasteiger partial charge in [-0.1, -0.05) is 42.0 Å². The van der Waals surface area contributed by atoms with Crippen molar-refractivity contribution in [1.82, 2.24) is 5.32 Å². The number of aryl methyl sites for hydroxylation is 1. The predicted molar refractivity (Wildman–Crippen MR) is 95.2 cm³/mol.